The van der Waals surface area contributed by atoms with Gasteiger partial charge in [0, 0.05) is 17.7 Å². The van der Waals surface area contributed by atoms with Crippen LogP contribution in [0.1, 0.15) is 28.4 Å². The molecule has 1 amide bonds. The van der Waals surface area contributed by atoms with Crippen molar-refractivity contribution in [1.29, 1.82) is 0 Å². The molecule has 0 saturated carbocycles. The maximum absolute atomic E-state index is 12.5. The van der Waals surface area contributed by atoms with E-state index in [1.807, 2.05) is 12.1 Å². The molecule has 0 heterocycles. The summed E-state index contributed by atoms with van der Waals surface area (Å²) in [5.41, 5.74) is 2.79. The summed E-state index contributed by atoms with van der Waals surface area (Å²) in [6, 6.07) is 14.3. The van der Waals surface area contributed by atoms with Crippen molar-refractivity contribution in [3.63, 3.8) is 0 Å². The highest BCUT2D eigenvalue weighted by Gasteiger charge is 2.09. The summed E-state index contributed by atoms with van der Waals surface area (Å²) in [5.74, 6) is 4.28. The quantitative estimate of drug-likeness (QED) is 0.430. The summed E-state index contributed by atoms with van der Waals surface area (Å²) in [4.78, 5) is 28.2. The van der Waals surface area contributed by atoms with Gasteiger partial charge >= 0.3 is 5.97 Å². The van der Waals surface area contributed by atoms with Gasteiger partial charge in [0.2, 0.25) is 0 Å². The van der Waals surface area contributed by atoms with Crippen LogP contribution in [0.25, 0.3) is 0 Å². The first-order valence-electron chi connectivity index (χ1n) is 8.15. The van der Waals surface area contributed by atoms with E-state index in [4.69, 9.17) is 10.6 Å². The van der Waals surface area contributed by atoms with Crippen LogP contribution in [-0.4, -0.2) is 24.7 Å². The molecule has 7 nitrogen and oxygen atoms in total. The molecular weight excluding hydrogens is 334 g/mol. The number of hydrogen-bond acceptors (Lipinski definition) is 6. The molecule has 0 saturated heterocycles. The van der Waals surface area contributed by atoms with Gasteiger partial charge in [0.15, 0.2) is 0 Å². The van der Waals surface area contributed by atoms with E-state index in [2.05, 4.69) is 15.4 Å². The lowest BCUT2D eigenvalue weighted by Crippen LogP contribution is -2.13. The van der Waals surface area contributed by atoms with Crippen molar-refractivity contribution in [2.75, 3.05) is 11.9 Å². The van der Waals surface area contributed by atoms with Gasteiger partial charge in [-0.15, -0.1) is 5.90 Å². The van der Waals surface area contributed by atoms with Crippen LogP contribution in [-0.2, 0) is 27.3 Å². The first-order chi connectivity index (χ1) is 12.6. The van der Waals surface area contributed by atoms with Crippen LogP contribution in [0.3, 0.4) is 0 Å². The van der Waals surface area contributed by atoms with Crippen molar-refractivity contribution in [3.8, 4) is 0 Å². The number of oxime groups is 1. The molecule has 2 aromatic carbocycles. The highest BCUT2D eigenvalue weighted by atomic mass is 16.7. The van der Waals surface area contributed by atoms with Crippen LogP contribution in [0, 0.1) is 0 Å². The number of ether oxygens (including phenoxy) is 1. The van der Waals surface area contributed by atoms with Gasteiger partial charge in [0.1, 0.15) is 0 Å². The van der Waals surface area contributed by atoms with Crippen LogP contribution in [0.5, 0.6) is 0 Å². The Morgan fingerprint density at radius 1 is 1.15 bits per heavy atom. The van der Waals surface area contributed by atoms with Gasteiger partial charge in [-0.2, -0.15) is 0 Å². The number of amides is 1. The molecule has 0 aliphatic carbocycles. The van der Waals surface area contributed by atoms with Gasteiger partial charge in [-0.1, -0.05) is 29.4 Å². The van der Waals surface area contributed by atoms with Crippen LogP contribution in [0.2, 0.25) is 0 Å². The fourth-order valence-electron chi connectivity index (χ4n) is 2.37. The summed E-state index contributed by atoms with van der Waals surface area (Å²) in [6.07, 6.45) is 2.17. The lowest BCUT2D eigenvalue weighted by Gasteiger charge is -2.08. The maximum Gasteiger partial charge on any atom is 0.310 e. The second kappa shape index (κ2) is 9.95. The normalized spacial score (nSPS) is 10.5. The van der Waals surface area contributed by atoms with Crippen LogP contribution < -0.4 is 11.2 Å². The summed E-state index contributed by atoms with van der Waals surface area (Å²) in [6.45, 7) is 2.10. The molecule has 3 N–H and O–H groups in total. The van der Waals surface area contributed by atoms with Gasteiger partial charge in [0.05, 0.1) is 19.2 Å². The molecule has 2 rings (SSSR count). The van der Waals surface area contributed by atoms with E-state index >= 15 is 0 Å². The van der Waals surface area contributed by atoms with E-state index in [9.17, 15) is 9.59 Å². The number of esters is 1. The zero-order valence-corrected chi connectivity index (χ0v) is 14.5. The van der Waals surface area contributed by atoms with Crippen LogP contribution >= 0.6 is 0 Å². The van der Waals surface area contributed by atoms with E-state index in [1.54, 1.807) is 43.3 Å². The Morgan fingerprint density at radius 2 is 1.92 bits per heavy atom. The Hall–Kier alpha value is -3.19. The van der Waals surface area contributed by atoms with Gasteiger partial charge in [-0.25, -0.2) is 0 Å². The van der Waals surface area contributed by atoms with E-state index in [0.717, 1.165) is 11.1 Å². The zero-order valence-electron chi connectivity index (χ0n) is 14.5. The minimum atomic E-state index is -0.299. The highest BCUT2D eigenvalue weighted by Crippen LogP contribution is 2.14. The molecule has 26 heavy (non-hydrogen) atoms. The Kier molecular flexibility index (Phi) is 7.32. The average molecular weight is 355 g/mol. The number of carbonyl (C=O) groups is 2. The molecule has 0 atom stereocenters. The Balaban J connectivity index is 2.04. The van der Waals surface area contributed by atoms with Crippen molar-refractivity contribution < 1.29 is 19.3 Å². The molecule has 0 bridgehead atoms. The predicted octanol–water partition coefficient (Wildman–Crippen LogP) is 2.46. The maximum atomic E-state index is 12.5. The fraction of sp³-hybridized carbons (Fsp3) is 0.211. The number of nitrogens with two attached hydrogens (primary N) is 1. The first-order valence-corrected chi connectivity index (χ1v) is 8.15. The molecule has 0 aromatic heterocycles. The minimum absolute atomic E-state index is 0.162. The number of anilines is 1. The van der Waals surface area contributed by atoms with Gasteiger partial charge < -0.3 is 15.0 Å². The topological polar surface area (TPSA) is 103 Å². The monoisotopic (exact) mass is 355 g/mol. The largest absolute Gasteiger partial charge is 0.466 e. The van der Waals surface area contributed by atoms with Crippen molar-refractivity contribution in [2.24, 2.45) is 11.1 Å². The molecular formula is C19H21N3O4. The summed E-state index contributed by atoms with van der Waals surface area (Å²) in [5, 5.41) is 6.30. The van der Waals surface area contributed by atoms with Crippen molar-refractivity contribution >= 4 is 23.8 Å². The highest BCUT2D eigenvalue weighted by molar-refractivity contribution is 6.04. The van der Waals surface area contributed by atoms with Crippen LogP contribution in [0.15, 0.2) is 53.7 Å². The second-order valence-electron chi connectivity index (χ2n) is 5.43. The number of rotatable bonds is 8. The van der Waals surface area contributed by atoms with Crippen molar-refractivity contribution in [1.82, 2.24) is 0 Å². The van der Waals surface area contributed by atoms with Gasteiger partial charge in [0.25, 0.3) is 5.91 Å². The standard InChI is InChI=1S/C19H21N3O4/c1-2-25-18(23)13-15-6-4-8-17(12-15)22-19(24)16-7-3-5-14(11-16)9-10-21-26-20/h3-8,10-12H,2,9,13,20H2,1H3,(H,22,24). The van der Waals surface area contributed by atoms with E-state index in [-0.39, 0.29) is 18.3 Å². The summed E-state index contributed by atoms with van der Waals surface area (Å²) >= 11 is 0. The third-order valence-corrected chi connectivity index (χ3v) is 3.49. The number of carbonyl (C=O) groups excluding carboxylic acids is 2. The first kappa shape index (κ1) is 19.1. The third kappa shape index (κ3) is 6.03. The van der Waals surface area contributed by atoms with Crippen LogP contribution in [0.4, 0.5) is 5.69 Å². The average Bonchev–Trinajstić information content (AvgIpc) is 2.62. The lowest BCUT2D eigenvalue weighted by molar-refractivity contribution is -0.142. The molecule has 0 spiro atoms. The van der Waals surface area contributed by atoms with E-state index in [0.29, 0.717) is 24.3 Å². The molecule has 0 unspecified atom stereocenters. The Bertz CT molecular complexity index is 790. The Morgan fingerprint density at radius 3 is 2.69 bits per heavy atom. The minimum Gasteiger partial charge on any atom is -0.466 e. The molecule has 7 heteroatoms. The second-order valence-corrected chi connectivity index (χ2v) is 5.43. The fourth-order valence-corrected chi connectivity index (χ4v) is 2.37. The van der Waals surface area contributed by atoms with E-state index in [1.165, 1.54) is 6.21 Å². The molecule has 0 aliphatic rings. The summed E-state index contributed by atoms with van der Waals surface area (Å²) < 4.78 is 4.94. The number of hydrogen-bond donors (Lipinski definition) is 2. The third-order valence-electron chi connectivity index (χ3n) is 3.49. The van der Waals surface area contributed by atoms with E-state index < -0.39 is 0 Å². The lowest BCUT2D eigenvalue weighted by atomic mass is 10.1. The van der Waals surface area contributed by atoms with Gasteiger partial charge in [-0.05, 0) is 42.3 Å². The number of nitrogens with one attached hydrogen (secondary N) is 1. The smallest absolute Gasteiger partial charge is 0.310 e. The number of nitrogens with zero attached hydrogens (tertiary/aromatic N) is 1. The Labute approximate surface area is 151 Å². The molecule has 0 aliphatic heterocycles. The van der Waals surface area contributed by atoms with Crippen molar-refractivity contribution in [3.05, 3.63) is 65.2 Å². The molecule has 2 aromatic rings. The summed E-state index contributed by atoms with van der Waals surface area (Å²) in [7, 11) is 0. The molecule has 0 fully saturated rings. The zero-order chi connectivity index (χ0) is 18.8. The number of benzene rings is 2. The SMILES string of the molecule is CCOC(=O)Cc1cccc(NC(=O)c2cccc(CC=NON)c2)c1. The van der Waals surface area contributed by atoms with Gasteiger partial charge in [-0.3, -0.25) is 9.59 Å². The molecule has 0 radical (unpaired) electrons. The molecule has 136 valence electrons. The van der Waals surface area contributed by atoms with Crippen molar-refractivity contribution in [2.45, 2.75) is 19.8 Å². The predicted molar refractivity (Wildman–Crippen MR) is 98.6 cm³/mol.